The first-order chi connectivity index (χ1) is 11.3. The van der Waals surface area contributed by atoms with E-state index in [1.165, 1.54) is 12.8 Å². The van der Waals surface area contributed by atoms with Crippen molar-refractivity contribution >= 4 is 22.7 Å². The summed E-state index contributed by atoms with van der Waals surface area (Å²) in [5.41, 5.74) is 0.907. The quantitative estimate of drug-likeness (QED) is 0.476. The number of unbranched alkanes of at least 4 members (excludes halogenated alkanes) is 2. The lowest BCUT2D eigenvalue weighted by atomic mass is 10.2. The fraction of sp³-hybridized carbons (Fsp3) is 0.556. The molecule has 1 aromatic carbocycles. The number of rotatable bonds is 7. The highest BCUT2D eigenvalue weighted by molar-refractivity contribution is 7.99. The Morgan fingerprint density at radius 3 is 2.74 bits per heavy atom. The molecule has 0 spiro atoms. The zero-order valence-corrected chi connectivity index (χ0v) is 14.2. The van der Waals surface area contributed by atoms with E-state index in [-0.39, 0.29) is 12.2 Å². The number of fused-ring (bicyclic) bond motifs is 1. The molecule has 5 heteroatoms. The maximum atomic E-state index is 12.9. The van der Waals surface area contributed by atoms with Crippen LogP contribution in [0, 0.1) is 0 Å². The van der Waals surface area contributed by atoms with Crippen molar-refractivity contribution in [2.75, 3.05) is 12.4 Å². The van der Waals surface area contributed by atoms with Crippen LogP contribution in [0.3, 0.4) is 0 Å². The van der Waals surface area contributed by atoms with E-state index in [1.807, 2.05) is 28.8 Å². The highest BCUT2D eigenvalue weighted by Gasteiger charge is 2.22. The number of hydrogen-bond donors (Lipinski definition) is 1. The van der Waals surface area contributed by atoms with Crippen molar-refractivity contribution in [3.8, 4) is 0 Å². The number of para-hydroxylation sites is 1. The molecule has 0 aliphatic heterocycles. The Bertz CT molecular complexity index is 708. The van der Waals surface area contributed by atoms with Gasteiger partial charge in [0.1, 0.15) is 0 Å². The smallest absolute Gasteiger partial charge is 0.262 e. The zero-order chi connectivity index (χ0) is 16.1. The van der Waals surface area contributed by atoms with Crippen LogP contribution in [0.25, 0.3) is 10.9 Å². The second-order valence-corrected chi connectivity index (χ2v) is 7.22. The molecule has 4 nitrogen and oxygen atoms in total. The molecular weight excluding hydrogens is 308 g/mol. The highest BCUT2D eigenvalue weighted by Crippen LogP contribution is 2.32. The maximum Gasteiger partial charge on any atom is 0.262 e. The predicted molar refractivity (Wildman–Crippen MR) is 95.2 cm³/mol. The van der Waals surface area contributed by atoms with Crippen LogP contribution < -0.4 is 5.56 Å². The normalized spacial score (nSPS) is 15.5. The molecule has 0 radical (unpaired) electrons. The van der Waals surface area contributed by atoms with E-state index in [4.69, 9.17) is 10.1 Å². The second-order valence-electron chi connectivity index (χ2n) is 6.16. The fourth-order valence-electron chi connectivity index (χ4n) is 3.27. The highest BCUT2D eigenvalue weighted by atomic mass is 32.2. The van der Waals surface area contributed by atoms with E-state index in [0.717, 1.165) is 53.9 Å². The Hall–Kier alpha value is -1.33. The third kappa shape index (κ3) is 3.78. The minimum Gasteiger partial charge on any atom is -0.396 e. The summed E-state index contributed by atoms with van der Waals surface area (Å²) in [7, 11) is 0. The summed E-state index contributed by atoms with van der Waals surface area (Å²) in [5.74, 6) is 0.942. The summed E-state index contributed by atoms with van der Waals surface area (Å²) in [6.45, 7) is 0.256. The lowest BCUT2D eigenvalue weighted by molar-refractivity contribution is 0.284. The first-order valence-corrected chi connectivity index (χ1v) is 9.55. The van der Waals surface area contributed by atoms with Gasteiger partial charge in [-0.3, -0.25) is 9.36 Å². The number of benzene rings is 1. The molecule has 1 saturated carbocycles. The molecule has 1 fully saturated rings. The summed E-state index contributed by atoms with van der Waals surface area (Å²) in [4.78, 5) is 17.7. The van der Waals surface area contributed by atoms with E-state index in [9.17, 15) is 4.79 Å². The lowest BCUT2D eigenvalue weighted by Crippen LogP contribution is -2.26. The van der Waals surface area contributed by atoms with Gasteiger partial charge in [0.25, 0.3) is 5.56 Å². The van der Waals surface area contributed by atoms with E-state index in [2.05, 4.69) is 0 Å². The number of nitrogens with zero attached hydrogens (tertiary/aromatic N) is 2. The Morgan fingerprint density at radius 2 is 1.96 bits per heavy atom. The first-order valence-electron chi connectivity index (χ1n) is 8.56. The monoisotopic (exact) mass is 332 g/mol. The molecule has 1 aromatic heterocycles. The molecule has 1 aliphatic rings. The van der Waals surface area contributed by atoms with Gasteiger partial charge in [0, 0.05) is 18.4 Å². The molecule has 0 saturated heterocycles. The molecule has 0 atom stereocenters. The minimum atomic E-state index is 0.111. The van der Waals surface area contributed by atoms with E-state index >= 15 is 0 Å². The van der Waals surface area contributed by atoms with E-state index in [0.29, 0.717) is 6.04 Å². The minimum absolute atomic E-state index is 0.111. The standard InChI is InChI=1S/C18H24N2O2S/c21-12-6-1-7-13-23-18-19-16-11-5-4-10-15(16)17(22)20(18)14-8-2-3-9-14/h4-5,10-11,14,21H,1-3,6-9,12-13H2. The van der Waals surface area contributed by atoms with Crippen molar-refractivity contribution in [3.63, 3.8) is 0 Å². The van der Waals surface area contributed by atoms with Gasteiger partial charge in [-0.15, -0.1) is 0 Å². The van der Waals surface area contributed by atoms with Crippen LogP contribution in [0.2, 0.25) is 0 Å². The fourth-order valence-corrected chi connectivity index (χ4v) is 4.33. The van der Waals surface area contributed by atoms with Gasteiger partial charge in [-0.2, -0.15) is 0 Å². The van der Waals surface area contributed by atoms with Crippen LogP contribution in [0.1, 0.15) is 51.0 Å². The van der Waals surface area contributed by atoms with Crippen LogP contribution in [0.15, 0.2) is 34.2 Å². The molecule has 1 heterocycles. The third-order valence-corrected chi connectivity index (χ3v) is 5.54. The molecule has 0 unspecified atom stereocenters. The van der Waals surface area contributed by atoms with E-state index < -0.39 is 0 Å². The summed E-state index contributed by atoms with van der Waals surface area (Å²) >= 11 is 1.68. The summed E-state index contributed by atoms with van der Waals surface area (Å²) in [6, 6.07) is 7.95. The predicted octanol–water partition coefficient (Wildman–Crippen LogP) is 3.77. The Kier molecular flexibility index (Phi) is 5.73. The topological polar surface area (TPSA) is 55.1 Å². The largest absolute Gasteiger partial charge is 0.396 e. The molecule has 2 aromatic rings. The van der Waals surface area contributed by atoms with Crippen LogP contribution in [0.4, 0.5) is 0 Å². The number of hydrogen-bond acceptors (Lipinski definition) is 4. The first kappa shape index (κ1) is 16.5. The number of aliphatic hydroxyl groups is 1. The molecule has 1 aliphatic carbocycles. The Morgan fingerprint density at radius 1 is 1.17 bits per heavy atom. The van der Waals surface area contributed by atoms with Crippen molar-refractivity contribution in [3.05, 3.63) is 34.6 Å². The van der Waals surface area contributed by atoms with Gasteiger partial charge >= 0.3 is 0 Å². The third-order valence-electron chi connectivity index (χ3n) is 4.50. The van der Waals surface area contributed by atoms with Gasteiger partial charge in [-0.05, 0) is 37.8 Å². The molecule has 124 valence electrons. The number of aromatic nitrogens is 2. The van der Waals surface area contributed by atoms with Gasteiger partial charge in [-0.1, -0.05) is 43.2 Å². The lowest BCUT2D eigenvalue weighted by Gasteiger charge is -2.18. The molecule has 0 bridgehead atoms. The van der Waals surface area contributed by atoms with Crippen molar-refractivity contribution in [2.24, 2.45) is 0 Å². The van der Waals surface area contributed by atoms with Crippen LogP contribution in [0.5, 0.6) is 0 Å². The van der Waals surface area contributed by atoms with Crippen molar-refractivity contribution in [1.82, 2.24) is 9.55 Å². The SMILES string of the molecule is O=c1c2ccccc2nc(SCCCCCO)n1C1CCCC1. The molecular formula is C18H24N2O2S. The van der Waals surface area contributed by atoms with Gasteiger partial charge in [-0.25, -0.2) is 4.98 Å². The number of aliphatic hydroxyl groups excluding tert-OH is 1. The average Bonchev–Trinajstić information content (AvgIpc) is 3.09. The van der Waals surface area contributed by atoms with Crippen LogP contribution in [-0.4, -0.2) is 27.0 Å². The maximum absolute atomic E-state index is 12.9. The second kappa shape index (κ2) is 7.97. The Balaban J connectivity index is 1.90. The number of thioether (sulfide) groups is 1. The summed E-state index contributed by atoms with van der Waals surface area (Å²) < 4.78 is 1.95. The zero-order valence-electron chi connectivity index (χ0n) is 13.4. The van der Waals surface area contributed by atoms with Gasteiger partial charge in [0.05, 0.1) is 10.9 Å². The van der Waals surface area contributed by atoms with Gasteiger partial charge in [0.15, 0.2) is 5.16 Å². The molecule has 0 amide bonds. The molecule has 1 N–H and O–H groups in total. The summed E-state index contributed by atoms with van der Waals surface area (Å²) in [5, 5.41) is 10.5. The summed E-state index contributed by atoms with van der Waals surface area (Å²) in [6.07, 6.45) is 7.47. The van der Waals surface area contributed by atoms with Crippen molar-refractivity contribution in [1.29, 1.82) is 0 Å². The van der Waals surface area contributed by atoms with Crippen molar-refractivity contribution < 1.29 is 5.11 Å². The van der Waals surface area contributed by atoms with Crippen LogP contribution in [-0.2, 0) is 0 Å². The van der Waals surface area contributed by atoms with Crippen LogP contribution >= 0.6 is 11.8 Å². The average molecular weight is 332 g/mol. The van der Waals surface area contributed by atoms with Crippen molar-refractivity contribution in [2.45, 2.75) is 56.1 Å². The molecule has 3 rings (SSSR count). The van der Waals surface area contributed by atoms with Gasteiger partial charge < -0.3 is 5.11 Å². The van der Waals surface area contributed by atoms with Gasteiger partial charge in [0.2, 0.25) is 0 Å². The Labute approximate surface area is 140 Å². The molecule has 23 heavy (non-hydrogen) atoms. The van der Waals surface area contributed by atoms with E-state index in [1.54, 1.807) is 11.8 Å².